The van der Waals surface area contributed by atoms with Gasteiger partial charge in [-0.25, -0.2) is 9.50 Å². The molecule has 136 valence electrons. The van der Waals surface area contributed by atoms with Gasteiger partial charge in [0, 0.05) is 23.4 Å². The number of fused-ring (bicyclic) bond motifs is 2. The lowest BCUT2D eigenvalue weighted by Gasteiger charge is -2.12. The van der Waals surface area contributed by atoms with Crippen molar-refractivity contribution in [3.05, 3.63) is 46.4 Å². The molecular weight excluding hydrogens is 350 g/mol. The van der Waals surface area contributed by atoms with Gasteiger partial charge in [-0.1, -0.05) is 18.5 Å². The van der Waals surface area contributed by atoms with E-state index in [0.29, 0.717) is 5.02 Å². The van der Waals surface area contributed by atoms with Crippen LogP contribution >= 0.6 is 11.6 Å². The van der Waals surface area contributed by atoms with Crippen LogP contribution in [0.15, 0.2) is 24.4 Å². The zero-order valence-corrected chi connectivity index (χ0v) is 16.0. The second kappa shape index (κ2) is 6.89. The van der Waals surface area contributed by atoms with Crippen LogP contribution in [0.25, 0.3) is 16.8 Å². The highest BCUT2D eigenvalue weighted by atomic mass is 35.5. The number of ether oxygens (including phenoxy) is 2. The zero-order chi connectivity index (χ0) is 18.3. The van der Waals surface area contributed by atoms with E-state index in [1.54, 1.807) is 7.11 Å². The summed E-state index contributed by atoms with van der Waals surface area (Å²) >= 11 is 6.49. The van der Waals surface area contributed by atoms with Crippen molar-refractivity contribution in [3.63, 3.8) is 0 Å². The van der Waals surface area contributed by atoms with Crippen LogP contribution in [0.2, 0.25) is 5.02 Å². The highest BCUT2D eigenvalue weighted by molar-refractivity contribution is 6.33. The van der Waals surface area contributed by atoms with Crippen molar-refractivity contribution in [2.24, 2.45) is 0 Å². The SMILES string of the molecule is CCCOC1CCc2cn3nc(C)c(-c4cc(OC)ccc4Cl)c3nc21. The normalized spacial score (nSPS) is 16.2. The van der Waals surface area contributed by atoms with Gasteiger partial charge in [0.15, 0.2) is 5.65 Å². The number of hydrogen-bond donors (Lipinski definition) is 0. The van der Waals surface area contributed by atoms with Gasteiger partial charge in [0.2, 0.25) is 0 Å². The maximum absolute atomic E-state index is 6.49. The monoisotopic (exact) mass is 371 g/mol. The summed E-state index contributed by atoms with van der Waals surface area (Å²) in [6.45, 7) is 4.86. The Labute approximate surface area is 157 Å². The molecule has 3 aromatic rings. The predicted molar refractivity (Wildman–Crippen MR) is 102 cm³/mol. The van der Waals surface area contributed by atoms with Crippen LogP contribution in [-0.2, 0) is 11.2 Å². The highest BCUT2D eigenvalue weighted by Gasteiger charge is 2.27. The molecule has 0 fully saturated rings. The van der Waals surface area contributed by atoms with E-state index in [1.165, 1.54) is 5.56 Å². The van der Waals surface area contributed by atoms with Crippen LogP contribution in [0, 0.1) is 6.92 Å². The van der Waals surface area contributed by atoms with Gasteiger partial charge >= 0.3 is 0 Å². The summed E-state index contributed by atoms with van der Waals surface area (Å²) < 4.78 is 13.2. The lowest BCUT2D eigenvalue weighted by molar-refractivity contribution is 0.0520. The fraction of sp³-hybridized carbons (Fsp3) is 0.400. The summed E-state index contributed by atoms with van der Waals surface area (Å²) in [4.78, 5) is 4.96. The Morgan fingerprint density at radius 3 is 2.96 bits per heavy atom. The van der Waals surface area contributed by atoms with Gasteiger partial charge in [-0.3, -0.25) is 0 Å². The molecule has 1 aromatic carbocycles. The number of benzene rings is 1. The van der Waals surface area contributed by atoms with Crippen LogP contribution in [0.4, 0.5) is 0 Å². The summed E-state index contributed by atoms with van der Waals surface area (Å²) in [7, 11) is 1.65. The van der Waals surface area contributed by atoms with Gasteiger partial charge in [0.05, 0.1) is 24.1 Å². The number of hydrogen-bond acceptors (Lipinski definition) is 4. The van der Waals surface area contributed by atoms with Crippen LogP contribution in [0.3, 0.4) is 0 Å². The molecule has 26 heavy (non-hydrogen) atoms. The van der Waals surface area contributed by atoms with E-state index < -0.39 is 0 Å². The molecule has 0 saturated heterocycles. The average molecular weight is 372 g/mol. The van der Waals surface area contributed by atoms with Crippen molar-refractivity contribution in [3.8, 4) is 16.9 Å². The highest BCUT2D eigenvalue weighted by Crippen LogP contribution is 2.38. The molecule has 0 bridgehead atoms. The summed E-state index contributed by atoms with van der Waals surface area (Å²) in [5.74, 6) is 0.758. The Balaban J connectivity index is 1.87. The molecule has 5 nitrogen and oxygen atoms in total. The van der Waals surface area contributed by atoms with E-state index in [4.69, 9.17) is 26.1 Å². The molecule has 1 aliphatic carbocycles. The Kier molecular flexibility index (Phi) is 4.59. The molecule has 0 saturated carbocycles. The first kappa shape index (κ1) is 17.3. The standard InChI is InChI=1S/C20H22ClN3O2/c1-4-9-26-17-8-5-13-11-24-20(22-19(13)17)18(12(2)23-24)15-10-14(25-3)6-7-16(15)21/h6-7,10-11,17H,4-5,8-9H2,1-3H3. The first-order valence-electron chi connectivity index (χ1n) is 8.96. The third kappa shape index (κ3) is 2.85. The minimum absolute atomic E-state index is 0.0683. The second-order valence-electron chi connectivity index (χ2n) is 6.62. The molecule has 0 amide bonds. The van der Waals surface area contributed by atoms with E-state index in [2.05, 4.69) is 18.2 Å². The molecule has 0 aliphatic heterocycles. The minimum atomic E-state index is 0.0683. The van der Waals surface area contributed by atoms with Crippen LogP contribution in [0.5, 0.6) is 5.75 Å². The molecule has 0 N–H and O–H groups in total. The molecule has 0 spiro atoms. The minimum Gasteiger partial charge on any atom is -0.497 e. The van der Waals surface area contributed by atoms with E-state index >= 15 is 0 Å². The van der Waals surface area contributed by atoms with Crippen molar-refractivity contribution in [2.75, 3.05) is 13.7 Å². The number of aromatic nitrogens is 3. The van der Waals surface area contributed by atoms with Gasteiger partial charge < -0.3 is 9.47 Å². The van der Waals surface area contributed by atoms with Gasteiger partial charge in [-0.15, -0.1) is 0 Å². The first-order valence-corrected chi connectivity index (χ1v) is 9.34. The predicted octanol–water partition coefficient (Wildman–Crippen LogP) is 4.78. The van der Waals surface area contributed by atoms with E-state index in [0.717, 1.165) is 59.8 Å². The van der Waals surface area contributed by atoms with Crippen molar-refractivity contribution < 1.29 is 9.47 Å². The van der Waals surface area contributed by atoms with E-state index in [-0.39, 0.29) is 6.10 Å². The Bertz CT molecular complexity index is 967. The lowest BCUT2D eigenvalue weighted by Crippen LogP contribution is -2.05. The lowest BCUT2D eigenvalue weighted by atomic mass is 10.1. The van der Waals surface area contributed by atoms with E-state index in [1.807, 2.05) is 29.6 Å². The Morgan fingerprint density at radius 1 is 1.35 bits per heavy atom. The van der Waals surface area contributed by atoms with Crippen LogP contribution < -0.4 is 4.74 Å². The van der Waals surface area contributed by atoms with Crippen molar-refractivity contribution >= 4 is 17.2 Å². The fourth-order valence-corrected chi connectivity index (χ4v) is 3.80. The Hall–Kier alpha value is -2.11. The number of methoxy groups -OCH3 is 1. The number of nitrogens with zero attached hydrogens (tertiary/aromatic N) is 3. The number of halogens is 1. The van der Waals surface area contributed by atoms with Gasteiger partial charge in [0.1, 0.15) is 11.9 Å². The molecule has 1 unspecified atom stereocenters. The Morgan fingerprint density at radius 2 is 2.19 bits per heavy atom. The molecule has 2 heterocycles. The zero-order valence-electron chi connectivity index (χ0n) is 15.3. The molecule has 0 radical (unpaired) electrons. The van der Waals surface area contributed by atoms with Crippen LogP contribution in [0.1, 0.15) is 42.8 Å². The third-order valence-corrected chi connectivity index (χ3v) is 5.17. The summed E-state index contributed by atoms with van der Waals surface area (Å²) in [6.07, 6.45) is 5.10. The number of aryl methyl sites for hydroxylation is 2. The maximum atomic E-state index is 6.49. The van der Waals surface area contributed by atoms with Crippen molar-refractivity contribution in [1.82, 2.24) is 14.6 Å². The average Bonchev–Trinajstić information content (AvgIpc) is 3.18. The number of rotatable bonds is 5. The van der Waals surface area contributed by atoms with Gasteiger partial charge in [-0.2, -0.15) is 5.10 Å². The van der Waals surface area contributed by atoms with Crippen LogP contribution in [-0.4, -0.2) is 28.3 Å². The topological polar surface area (TPSA) is 48.7 Å². The molecule has 1 atom stereocenters. The third-order valence-electron chi connectivity index (χ3n) is 4.84. The molecule has 4 rings (SSSR count). The van der Waals surface area contributed by atoms with E-state index in [9.17, 15) is 0 Å². The summed E-state index contributed by atoms with van der Waals surface area (Å²) in [5.41, 5.74) is 5.77. The van der Waals surface area contributed by atoms with Crippen molar-refractivity contribution in [1.29, 1.82) is 0 Å². The molecule has 6 heteroatoms. The van der Waals surface area contributed by atoms with Crippen molar-refractivity contribution in [2.45, 2.75) is 39.2 Å². The van der Waals surface area contributed by atoms with Gasteiger partial charge in [0.25, 0.3) is 0 Å². The maximum Gasteiger partial charge on any atom is 0.163 e. The molecule has 2 aromatic heterocycles. The first-order chi connectivity index (χ1) is 12.6. The second-order valence-corrected chi connectivity index (χ2v) is 7.03. The summed E-state index contributed by atoms with van der Waals surface area (Å²) in [5, 5.41) is 5.32. The molecular formula is C20H22ClN3O2. The largest absolute Gasteiger partial charge is 0.497 e. The smallest absolute Gasteiger partial charge is 0.163 e. The fourth-order valence-electron chi connectivity index (χ4n) is 3.59. The molecule has 1 aliphatic rings. The quantitative estimate of drug-likeness (QED) is 0.647. The summed E-state index contributed by atoms with van der Waals surface area (Å²) in [6, 6.07) is 5.64. The van der Waals surface area contributed by atoms with Gasteiger partial charge in [-0.05, 0) is 49.9 Å².